The molecule has 0 aliphatic heterocycles. The molecule has 5 heteroatoms. The number of aryl methyl sites for hydroxylation is 2. The predicted octanol–water partition coefficient (Wildman–Crippen LogP) is 2.54. The van der Waals surface area contributed by atoms with Crippen LogP contribution in [0, 0.1) is 13.8 Å². The van der Waals surface area contributed by atoms with Gasteiger partial charge in [-0.05, 0) is 31.0 Å². The number of hydrogen-bond acceptors (Lipinski definition) is 4. The molecular formula is C13H13N3O2. The Balaban J connectivity index is 2.31. The summed E-state index contributed by atoms with van der Waals surface area (Å²) in [5.41, 5.74) is 2.99. The van der Waals surface area contributed by atoms with Crippen molar-refractivity contribution in [3.8, 4) is 0 Å². The summed E-state index contributed by atoms with van der Waals surface area (Å²) in [7, 11) is 0. The Kier molecular flexibility index (Phi) is 3.23. The van der Waals surface area contributed by atoms with Crippen LogP contribution in [-0.4, -0.2) is 21.0 Å². The van der Waals surface area contributed by atoms with E-state index < -0.39 is 5.97 Å². The number of aromatic carboxylic acids is 1. The second-order valence-corrected chi connectivity index (χ2v) is 4.04. The Morgan fingerprint density at radius 3 is 2.78 bits per heavy atom. The van der Waals surface area contributed by atoms with Crippen LogP contribution in [0.4, 0.5) is 11.5 Å². The highest BCUT2D eigenvalue weighted by molar-refractivity contribution is 5.85. The Hall–Kier alpha value is -2.43. The molecule has 0 saturated carbocycles. The maximum absolute atomic E-state index is 10.8. The lowest BCUT2D eigenvalue weighted by molar-refractivity contribution is 0.0690. The lowest BCUT2D eigenvalue weighted by Crippen LogP contribution is -2.04. The van der Waals surface area contributed by atoms with E-state index in [0.29, 0.717) is 5.82 Å². The summed E-state index contributed by atoms with van der Waals surface area (Å²) in [5, 5.41) is 11.9. The van der Waals surface area contributed by atoms with E-state index >= 15 is 0 Å². The van der Waals surface area contributed by atoms with Crippen LogP contribution in [0.25, 0.3) is 0 Å². The summed E-state index contributed by atoms with van der Waals surface area (Å²) in [6.45, 7) is 3.96. The number of hydrogen-bond donors (Lipinski definition) is 2. The van der Waals surface area contributed by atoms with E-state index in [1.165, 1.54) is 12.4 Å². The van der Waals surface area contributed by atoms with Crippen LogP contribution in [0.3, 0.4) is 0 Å². The van der Waals surface area contributed by atoms with E-state index in [1.807, 2.05) is 32.0 Å². The first-order chi connectivity index (χ1) is 8.56. The first kappa shape index (κ1) is 12.0. The first-order valence-electron chi connectivity index (χ1n) is 5.46. The zero-order valence-corrected chi connectivity index (χ0v) is 10.1. The number of benzene rings is 1. The smallest absolute Gasteiger partial charge is 0.356 e. The van der Waals surface area contributed by atoms with Gasteiger partial charge in [0.25, 0.3) is 0 Å². The van der Waals surface area contributed by atoms with Crippen LogP contribution in [-0.2, 0) is 0 Å². The van der Waals surface area contributed by atoms with Gasteiger partial charge in [0.1, 0.15) is 5.82 Å². The number of rotatable bonds is 3. The molecule has 0 atom stereocenters. The third-order valence-electron chi connectivity index (χ3n) is 2.51. The van der Waals surface area contributed by atoms with E-state index in [2.05, 4.69) is 15.3 Å². The van der Waals surface area contributed by atoms with E-state index in [9.17, 15) is 4.79 Å². The van der Waals surface area contributed by atoms with Crippen molar-refractivity contribution < 1.29 is 9.90 Å². The van der Waals surface area contributed by atoms with Gasteiger partial charge >= 0.3 is 5.97 Å². The van der Waals surface area contributed by atoms with Crippen LogP contribution >= 0.6 is 0 Å². The van der Waals surface area contributed by atoms with Crippen molar-refractivity contribution in [1.82, 2.24) is 9.97 Å². The SMILES string of the molecule is Cc1ccc(C)c(Nc2cncc(C(=O)O)n2)c1. The molecule has 0 saturated heterocycles. The van der Waals surface area contributed by atoms with Gasteiger partial charge in [-0.1, -0.05) is 12.1 Å². The molecule has 0 aliphatic rings. The van der Waals surface area contributed by atoms with Crippen molar-refractivity contribution in [1.29, 1.82) is 0 Å². The molecule has 0 unspecified atom stereocenters. The van der Waals surface area contributed by atoms with Gasteiger partial charge < -0.3 is 10.4 Å². The summed E-state index contributed by atoms with van der Waals surface area (Å²) in [6.07, 6.45) is 2.71. The van der Waals surface area contributed by atoms with Gasteiger partial charge in [-0.3, -0.25) is 4.98 Å². The van der Waals surface area contributed by atoms with E-state index in [4.69, 9.17) is 5.11 Å². The summed E-state index contributed by atoms with van der Waals surface area (Å²) in [5.74, 6) is -0.671. The molecular weight excluding hydrogens is 230 g/mol. The predicted molar refractivity (Wildman–Crippen MR) is 68.2 cm³/mol. The minimum Gasteiger partial charge on any atom is -0.476 e. The van der Waals surface area contributed by atoms with Crippen molar-refractivity contribution >= 4 is 17.5 Å². The fourth-order valence-electron chi connectivity index (χ4n) is 1.54. The summed E-state index contributed by atoms with van der Waals surface area (Å²) in [4.78, 5) is 18.6. The summed E-state index contributed by atoms with van der Waals surface area (Å²) < 4.78 is 0. The monoisotopic (exact) mass is 243 g/mol. The first-order valence-corrected chi connectivity index (χ1v) is 5.46. The zero-order chi connectivity index (χ0) is 13.1. The quantitative estimate of drug-likeness (QED) is 0.866. The molecule has 1 aromatic carbocycles. The third kappa shape index (κ3) is 2.63. The number of nitrogens with one attached hydrogen (secondary N) is 1. The average Bonchev–Trinajstić information content (AvgIpc) is 2.34. The van der Waals surface area contributed by atoms with Crippen LogP contribution in [0.2, 0.25) is 0 Å². The fourth-order valence-corrected chi connectivity index (χ4v) is 1.54. The number of carboxylic acid groups (broad SMARTS) is 1. The molecule has 5 nitrogen and oxygen atoms in total. The lowest BCUT2D eigenvalue weighted by atomic mass is 10.1. The van der Waals surface area contributed by atoms with Gasteiger partial charge in [0.05, 0.1) is 12.4 Å². The minimum absolute atomic E-state index is 0.0784. The molecule has 1 aromatic heterocycles. The van der Waals surface area contributed by atoms with Gasteiger partial charge in [-0.2, -0.15) is 0 Å². The normalized spacial score (nSPS) is 10.1. The van der Waals surface area contributed by atoms with E-state index in [1.54, 1.807) is 0 Å². The number of carboxylic acids is 1. The van der Waals surface area contributed by atoms with Crippen LogP contribution in [0.15, 0.2) is 30.6 Å². The highest BCUT2D eigenvalue weighted by Crippen LogP contribution is 2.20. The van der Waals surface area contributed by atoms with Crippen molar-refractivity contribution in [3.63, 3.8) is 0 Å². The van der Waals surface area contributed by atoms with Gasteiger partial charge in [0.15, 0.2) is 5.69 Å². The number of nitrogens with zero attached hydrogens (tertiary/aromatic N) is 2. The number of anilines is 2. The topological polar surface area (TPSA) is 75.1 Å². The third-order valence-corrected chi connectivity index (χ3v) is 2.51. The summed E-state index contributed by atoms with van der Waals surface area (Å²) in [6, 6.07) is 5.98. The largest absolute Gasteiger partial charge is 0.476 e. The number of aromatic nitrogens is 2. The molecule has 0 amide bonds. The zero-order valence-electron chi connectivity index (χ0n) is 10.1. The molecule has 0 aliphatic carbocycles. The van der Waals surface area contributed by atoms with E-state index in [0.717, 1.165) is 16.8 Å². The molecule has 0 bridgehead atoms. The van der Waals surface area contributed by atoms with Crippen molar-refractivity contribution in [2.24, 2.45) is 0 Å². The van der Waals surface area contributed by atoms with Crippen molar-refractivity contribution in [2.45, 2.75) is 13.8 Å². The number of carbonyl (C=O) groups is 1. The van der Waals surface area contributed by atoms with E-state index in [-0.39, 0.29) is 5.69 Å². The van der Waals surface area contributed by atoms with Gasteiger partial charge in [0.2, 0.25) is 0 Å². The minimum atomic E-state index is -1.09. The molecule has 0 radical (unpaired) electrons. The highest BCUT2D eigenvalue weighted by atomic mass is 16.4. The van der Waals surface area contributed by atoms with Crippen molar-refractivity contribution in [3.05, 3.63) is 47.4 Å². The molecule has 18 heavy (non-hydrogen) atoms. The second kappa shape index (κ2) is 4.83. The fraction of sp³-hybridized carbons (Fsp3) is 0.154. The molecule has 2 rings (SSSR count). The summed E-state index contributed by atoms with van der Waals surface area (Å²) >= 11 is 0. The Bertz CT molecular complexity index is 597. The van der Waals surface area contributed by atoms with Gasteiger partial charge in [0, 0.05) is 5.69 Å². The average molecular weight is 243 g/mol. The van der Waals surface area contributed by atoms with Crippen LogP contribution in [0.1, 0.15) is 21.6 Å². The lowest BCUT2D eigenvalue weighted by Gasteiger charge is -2.09. The molecule has 0 fully saturated rings. The molecule has 2 N–H and O–H groups in total. The molecule has 2 aromatic rings. The van der Waals surface area contributed by atoms with Gasteiger partial charge in [-0.25, -0.2) is 9.78 Å². The highest BCUT2D eigenvalue weighted by Gasteiger charge is 2.07. The Morgan fingerprint density at radius 1 is 1.28 bits per heavy atom. The molecule has 92 valence electrons. The van der Waals surface area contributed by atoms with Gasteiger partial charge in [-0.15, -0.1) is 0 Å². The van der Waals surface area contributed by atoms with Crippen LogP contribution in [0.5, 0.6) is 0 Å². The molecule has 1 heterocycles. The standard InChI is InChI=1S/C13H13N3O2/c1-8-3-4-9(2)10(5-8)15-12-7-14-6-11(16-12)13(17)18/h3-7H,1-2H3,(H,15,16)(H,17,18). The molecule has 0 spiro atoms. The Labute approximate surface area is 105 Å². The van der Waals surface area contributed by atoms with Crippen LogP contribution < -0.4 is 5.32 Å². The maximum atomic E-state index is 10.8. The second-order valence-electron chi connectivity index (χ2n) is 4.04. The maximum Gasteiger partial charge on any atom is 0.356 e. The Morgan fingerprint density at radius 2 is 2.06 bits per heavy atom. The van der Waals surface area contributed by atoms with Crippen molar-refractivity contribution in [2.75, 3.05) is 5.32 Å².